The Morgan fingerprint density at radius 1 is 1.29 bits per heavy atom. The first kappa shape index (κ1) is 20.5. The van der Waals surface area contributed by atoms with E-state index in [0.29, 0.717) is 23.3 Å². The van der Waals surface area contributed by atoms with Crippen molar-refractivity contribution in [3.8, 4) is 11.6 Å². The van der Waals surface area contributed by atoms with Crippen molar-refractivity contribution in [1.82, 2.24) is 9.65 Å². The van der Waals surface area contributed by atoms with Gasteiger partial charge in [-0.3, -0.25) is 9.24 Å². The Balaban J connectivity index is 1.96. The van der Waals surface area contributed by atoms with Gasteiger partial charge in [0.2, 0.25) is 13.2 Å². The van der Waals surface area contributed by atoms with Crippen molar-refractivity contribution in [3.63, 3.8) is 0 Å². The number of hydrogen-bond acceptors (Lipinski definition) is 4. The molecule has 2 heterocycles. The van der Waals surface area contributed by atoms with Gasteiger partial charge in [0, 0.05) is 18.9 Å². The largest absolute Gasteiger partial charge is 0.438 e. The summed E-state index contributed by atoms with van der Waals surface area (Å²) in [5, 5.41) is 2.71. The molecular formula is C17H16ClF3N3O3P. The standard InChI is InChI=1S/C17H16ClF3N3O3P/c1-9(2)24-16(25)23-13-5-4-11(7-14(13)28(24,3)26)27-15-12(18)6-10(8-22-15)17(19,20)21/h4-9H,1-3H3,(H,23,25). The molecule has 150 valence electrons. The first-order chi connectivity index (χ1) is 12.9. The highest BCUT2D eigenvalue weighted by Gasteiger charge is 2.40. The summed E-state index contributed by atoms with van der Waals surface area (Å²) < 4.78 is 58.2. The van der Waals surface area contributed by atoms with Gasteiger partial charge in [0.05, 0.1) is 16.6 Å². The summed E-state index contributed by atoms with van der Waals surface area (Å²) in [4.78, 5) is 15.9. The number of pyridine rings is 1. The summed E-state index contributed by atoms with van der Waals surface area (Å²) in [7, 11) is -3.23. The third kappa shape index (κ3) is 3.69. The van der Waals surface area contributed by atoms with E-state index in [-0.39, 0.29) is 22.7 Å². The fourth-order valence-electron chi connectivity index (χ4n) is 2.93. The second-order valence-corrected chi connectivity index (χ2v) is 9.62. The number of aromatic nitrogens is 1. The molecule has 1 unspecified atom stereocenters. The molecule has 11 heteroatoms. The lowest BCUT2D eigenvalue weighted by Gasteiger charge is -2.37. The zero-order valence-electron chi connectivity index (χ0n) is 15.0. The third-order valence-corrected chi connectivity index (χ3v) is 7.12. The van der Waals surface area contributed by atoms with Crippen LogP contribution in [0.4, 0.5) is 23.7 Å². The number of carbonyl (C=O) groups excluding carboxylic acids is 1. The molecule has 1 N–H and O–H groups in total. The van der Waals surface area contributed by atoms with Gasteiger partial charge < -0.3 is 10.1 Å². The van der Waals surface area contributed by atoms with E-state index in [0.717, 1.165) is 0 Å². The van der Waals surface area contributed by atoms with Crippen LogP contribution in [0.15, 0.2) is 30.5 Å². The highest BCUT2D eigenvalue weighted by Crippen LogP contribution is 2.51. The van der Waals surface area contributed by atoms with E-state index in [1.807, 2.05) is 0 Å². The molecule has 6 nitrogen and oxygen atoms in total. The van der Waals surface area contributed by atoms with Gasteiger partial charge in [-0.15, -0.1) is 0 Å². The Bertz CT molecular complexity index is 997. The molecule has 0 saturated carbocycles. The lowest BCUT2D eigenvalue weighted by Crippen LogP contribution is -2.44. The summed E-state index contributed by atoms with van der Waals surface area (Å²) in [6.07, 6.45) is -3.96. The zero-order valence-corrected chi connectivity index (χ0v) is 16.7. The lowest BCUT2D eigenvalue weighted by atomic mass is 10.2. The molecule has 1 aromatic carbocycles. The van der Waals surface area contributed by atoms with Crippen molar-refractivity contribution in [1.29, 1.82) is 0 Å². The van der Waals surface area contributed by atoms with Crippen LogP contribution in [0.25, 0.3) is 0 Å². The number of nitrogens with zero attached hydrogens (tertiary/aromatic N) is 2. The quantitative estimate of drug-likeness (QED) is 0.664. The van der Waals surface area contributed by atoms with Gasteiger partial charge in [-0.2, -0.15) is 13.2 Å². The number of amides is 2. The summed E-state index contributed by atoms with van der Waals surface area (Å²) in [5.41, 5.74) is -0.616. The fourth-order valence-corrected chi connectivity index (χ4v) is 5.59. The molecule has 1 aliphatic rings. The van der Waals surface area contributed by atoms with E-state index < -0.39 is 25.1 Å². The molecule has 0 fully saturated rings. The van der Waals surface area contributed by atoms with E-state index in [1.165, 1.54) is 29.5 Å². The molecule has 0 radical (unpaired) electrons. The minimum Gasteiger partial charge on any atom is -0.438 e. The van der Waals surface area contributed by atoms with Gasteiger partial charge in [0.25, 0.3) is 0 Å². The highest BCUT2D eigenvalue weighted by atomic mass is 35.5. The third-order valence-electron chi connectivity index (χ3n) is 4.12. The maximum absolute atomic E-state index is 13.3. The van der Waals surface area contributed by atoms with Crippen LogP contribution >= 0.6 is 18.9 Å². The number of anilines is 1. The minimum absolute atomic E-state index is 0.176. The van der Waals surface area contributed by atoms with E-state index in [1.54, 1.807) is 13.8 Å². The number of carbonyl (C=O) groups is 1. The van der Waals surface area contributed by atoms with Crippen LogP contribution < -0.4 is 15.4 Å². The minimum atomic E-state index is -4.58. The Labute approximate surface area is 164 Å². The molecule has 0 aliphatic carbocycles. The zero-order chi connectivity index (χ0) is 20.9. The van der Waals surface area contributed by atoms with Crippen molar-refractivity contribution < 1.29 is 27.3 Å². The van der Waals surface area contributed by atoms with Gasteiger partial charge in [-0.05, 0) is 38.1 Å². The molecule has 1 atom stereocenters. The summed E-state index contributed by atoms with van der Waals surface area (Å²) >= 11 is 5.86. The normalized spacial score (nSPS) is 19.4. The molecule has 2 aromatic rings. The molecule has 0 spiro atoms. The fraction of sp³-hybridized carbons (Fsp3) is 0.294. The molecule has 0 bridgehead atoms. The van der Waals surface area contributed by atoms with Crippen LogP contribution in [0.1, 0.15) is 19.4 Å². The van der Waals surface area contributed by atoms with E-state index in [2.05, 4.69) is 10.3 Å². The predicted molar refractivity (Wildman–Crippen MR) is 99.9 cm³/mol. The molecule has 0 saturated heterocycles. The predicted octanol–water partition coefficient (Wildman–Crippen LogP) is 5.34. The van der Waals surface area contributed by atoms with Crippen molar-refractivity contribution in [3.05, 3.63) is 41.0 Å². The lowest BCUT2D eigenvalue weighted by molar-refractivity contribution is -0.137. The van der Waals surface area contributed by atoms with Gasteiger partial charge in [-0.25, -0.2) is 9.78 Å². The topological polar surface area (TPSA) is 71.5 Å². The monoisotopic (exact) mass is 433 g/mol. The highest BCUT2D eigenvalue weighted by molar-refractivity contribution is 7.69. The number of rotatable bonds is 3. The molecule has 1 aliphatic heterocycles. The maximum atomic E-state index is 13.3. The van der Waals surface area contributed by atoms with Crippen LogP contribution in [0.3, 0.4) is 0 Å². The van der Waals surface area contributed by atoms with Crippen molar-refractivity contribution in [2.24, 2.45) is 0 Å². The average Bonchev–Trinajstić information content (AvgIpc) is 2.55. The average molecular weight is 434 g/mol. The Kier molecular flexibility index (Phi) is 5.10. The van der Waals surface area contributed by atoms with Crippen molar-refractivity contribution in [2.45, 2.75) is 26.1 Å². The second-order valence-electron chi connectivity index (χ2n) is 6.54. The maximum Gasteiger partial charge on any atom is 0.417 e. The van der Waals surface area contributed by atoms with Gasteiger partial charge >= 0.3 is 12.2 Å². The number of halogens is 4. The van der Waals surface area contributed by atoms with Gasteiger partial charge in [0.1, 0.15) is 10.8 Å². The number of nitrogens with one attached hydrogen (secondary N) is 1. The first-order valence-electron chi connectivity index (χ1n) is 8.14. The van der Waals surface area contributed by atoms with Crippen LogP contribution in [0.5, 0.6) is 11.6 Å². The Morgan fingerprint density at radius 3 is 2.54 bits per heavy atom. The molecule has 1 aromatic heterocycles. The van der Waals surface area contributed by atoms with Crippen molar-refractivity contribution in [2.75, 3.05) is 12.0 Å². The SMILES string of the molecule is CC(C)N1C(=O)Nc2ccc(Oc3ncc(C(F)(F)F)cc3Cl)cc2P1(C)=O. The summed E-state index contributed by atoms with van der Waals surface area (Å²) in [6.45, 7) is 4.96. The van der Waals surface area contributed by atoms with E-state index in [9.17, 15) is 22.5 Å². The smallest absolute Gasteiger partial charge is 0.417 e. The number of alkyl halides is 3. The Hall–Kier alpha value is -2.25. The first-order valence-corrected chi connectivity index (χ1v) is 10.6. The summed E-state index contributed by atoms with van der Waals surface area (Å²) in [6, 6.07) is 4.39. The second kappa shape index (κ2) is 6.97. The molecule has 3 rings (SSSR count). The van der Waals surface area contributed by atoms with E-state index >= 15 is 0 Å². The van der Waals surface area contributed by atoms with Crippen LogP contribution in [-0.2, 0) is 10.7 Å². The molecule has 28 heavy (non-hydrogen) atoms. The van der Waals surface area contributed by atoms with Gasteiger partial charge in [-0.1, -0.05) is 11.6 Å². The molecule has 2 amide bonds. The Morgan fingerprint density at radius 2 is 1.96 bits per heavy atom. The van der Waals surface area contributed by atoms with Crippen LogP contribution in [0, 0.1) is 0 Å². The number of urea groups is 1. The number of benzene rings is 1. The number of hydrogen-bond donors (Lipinski definition) is 1. The van der Waals surface area contributed by atoms with Gasteiger partial charge in [0.15, 0.2) is 0 Å². The van der Waals surface area contributed by atoms with E-state index in [4.69, 9.17) is 16.3 Å². The van der Waals surface area contributed by atoms with Crippen LogP contribution in [-0.4, -0.2) is 28.4 Å². The number of ether oxygens (including phenoxy) is 1. The van der Waals surface area contributed by atoms with Crippen LogP contribution in [0.2, 0.25) is 5.02 Å². The number of fused-ring (bicyclic) bond motifs is 1. The summed E-state index contributed by atoms with van der Waals surface area (Å²) in [5.74, 6) is -0.0454. The van der Waals surface area contributed by atoms with Crippen molar-refractivity contribution >= 4 is 35.9 Å². The molecular weight excluding hydrogens is 418 g/mol.